The number of imide groups is 2. The van der Waals surface area contributed by atoms with Crippen LogP contribution in [0.4, 0.5) is 15.8 Å². The summed E-state index contributed by atoms with van der Waals surface area (Å²) in [6.45, 7) is 1.71. The van der Waals surface area contributed by atoms with Gasteiger partial charge >= 0.3 is 0 Å². The summed E-state index contributed by atoms with van der Waals surface area (Å²) in [5.41, 5.74) is 0.391. The molecule has 3 fully saturated rings. The predicted molar refractivity (Wildman–Crippen MR) is 160 cm³/mol. The molecule has 2 heterocycles. The molecule has 6 unspecified atom stereocenters. The van der Waals surface area contributed by atoms with Crippen LogP contribution in [-0.4, -0.2) is 35.8 Å². The summed E-state index contributed by atoms with van der Waals surface area (Å²) >= 11 is 6.05. The molecule has 44 heavy (non-hydrogen) atoms. The van der Waals surface area contributed by atoms with E-state index >= 15 is 0 Å². The van der Waals surface area contributed by atoms with Crippen molar-refractivity contribution in [2.24, 2.45) is 29.1 Å². The van der Waals surface area contributed by atoms with Gasteiger partial charge in [0.2, 0.25) is 23.6 Å². The van der Waals surface area contributed by atoms with Crippen molar-refractivity contribution in [3.63, 3.8) is 0 Å². The Kier molecular flexibility index (Phi) is 6.44. The summed E-state index contributed by atoms with van der Waals surface area (Å²) < 4.78 is 19.4. The van der Waals surface area contributed by atoms with E-state index in [9.17, 15) is 28.7 Å². The zero-order valence-electron chi connectivity index (χ0n) is 23.9. The van der Waals surface area contributed by atoms with Crippen LogP contribution in [0.15, 0.2) is 78.4 Å². The van der Waals surface area contributed by atoms with E-state index in [1.54, 1.807) is 49.4 Å². The number of phenolic OH excluding ortho intramolecular Hbond substituents is 1. The zero-order valence-corrected chi connectivity index (χ0v) is 24.6. The number of amides is 4. The lowest BCUT2D eigenvalue weighted by Crippen LogP contribution is -2.48. The van der Waals surface area contributed by atoms with Crippen molar-refractivity contribution >= 4 is 46.6 Å². The van der Waals surface area contributed by atoms with E-state index in [1.807, 2.05) is 6.08 Å². The first kappa shape index (κ1) is 28.3. The number of fused-ring (bicyclic) bond motifs is 4. The number of rotatable bonds is 4. The van der Waals surface area contributed by atoms with Crippen LogP contribution in [0.1, 0.15) is 31.2 Å². The van der Waals surface area contributed by atoms with Crippen LogP contribution in [0.2, 0.25) is 5.02 Å². The van der Waals surface area contributed by atoms with E-state index in [0.717, 1.165) is 16.5 Å². The van der Waals surface area contributed by atoms with Gasteiger partial charge in [-0.05, 0) is 62.1 Å². The van der Waals surface area contributed by atoms with Gasteiger partial charge in [-0.25, -0.2) is 9.29 Å². The molecule has 0 aromatic heterocycles. The summed E-state index contributed by atoms with van der Waals surface area (Å²) in [5, 5.41) is 11.0. The predicted octanol–water partition coefficient (Wildman–Crippen LogP) is 5.63. The first-order valence-corrected chi connectivity index (χ1v) is 14.8. The van der Waals surface area contributed by atoms with Crippen molar-refractivity contribution in [1.82, 2.24) is 0 Å². The first-order chi connectivity index (χ1) is 21.1. The third kappa shape index (κ3) is 3.81. The molecule has 224 valence electrons. The van der Waals surface area contributed by atoms with Crippen molar-refractivity contribution in [3.05, 3.63) is 94.8 Å². The van der Waals surface area contributed by atoms with Crippen molar-refractivity contribution in [2.45, 2.75) is 25.7 Å². The second-order valence-electron chi connectivity index (χ2n) is 12.0. The average molecular weight is 615 g/mol. The molecule has 0 spiro atoms. The van der Waals surface area contributed by atoms with E-state index in [-0.39, 0.29) is 41.1 Å². The molecule has 4 amide bonds. The van der Waals surface area contributed by atoms with Gasteiger partial charge in [0, 0.05) is 17.5 Å². The summed E-state index contributed by atoms with van der Waals surface area (Å²) in [4.78, 5) is 58.7. The number of phenols is 1. The third-order valence-electron chi connectivity index (χ3n) is 10.00. The second-order valence-corrected chi connectivity index (χ2v) is 12.4. The largest absolute Gasteiger partial charge is 0.508 e. The summed E-state index contributed by atoms with van der Waals surface area (Å²) in [6.07, 6.45) is 2.34. The summed E-state index contributed by atoms with van der Waals surface area (Å²) in [7, 11) is 1.47. The monoisotopic (exact) mass is 614 g/mol. The lowest BCUT2D eigenvalue weighted by Gasteiger charge is -2.49. The van der Waals surface area contributed by atoms with Crippen LogP contribution >= 0.6 is 11.6 Å². The Bertz CT molecular complexity index is 1790. The molecule has 0 radical (unpaired) electrons. The zero-order chi connectivity index (χ0) is 31.1. The highest BCUT2D eigenvalue weighted by Crippen LogP contribution is 2.64. The van der Waals surface area contributed by atoms with Crippen LogP contribution in [0.5, 0.6) is 11.5 Å². The molecule has 8 nitrogen and oxygen atoms in total. The smallest absolute Gasteiger partial charge is 0.241 e. The highest BCUT2D eigenvalue weighted by atomic mass is 35.5. The molecule has 2 saturated heterocycles. The Balaban J connectivity index is 1.38. The number of benzene rings is 3. The molecule has 2 aliphatic carbocycles. The molecule has 3 aromatic carbocycles. The summed E-state index contributed by atoms with van der Waals surface area (Å²) in [5.74, 6) is -5.68. The van der Waals surface area contributed by atoms with Crippen LogP contribution in [-0.2, 0) is 19.2 Å². The molecule has 1 saturated carbocycles. The number of ether oxygens (including phenoxy) is 1. The van der Waals surface area contributed by atoms with Crippen LogP contribution in [0, 0.1) is 34.9 Å². The Morgan fingerprint density at radius 1 is 0.909 bits per heavy atom. The standard InChI is InChI=1S/C34H28ClFN2O6/c1-34-24(31(41)38(33(34)43)18-8-13-26(36)25(35)14-18)16-23-20(29(34)21-10-9-19(44-2)15-27(21)39)11-12-22-28(23)32(42)37(30(22)40)17-6-4-3-5-7-17/h3-11,13-15,22-24,28-29,39H,12,16H2,1-2H3. The average Bonchev–Trinajstić information content (AvgIpc) is 3.39. The minimum atomic E-state index is -1.37. The highest BCUT2D eigenvalue weighted by molar-refractivity contribution is 6.32. The number of hydrogen-bond acceptors (Lipinski definition) is 6. The first-order valence-electron chi connectivity index (χ1n) is 14.4. The van der Waals surface area contributed by atoms with Crippen molar-refractivity contribution < 1.29 is 33.4 Å². The number of carbonyl (C=O) groups is 4. The maximum absolute atomic E-state index is 14.4. The van der Waals surface area contributed by atoms with Crippen molar-refractivity contribution in [3.8, 4) is 11.5 Å². The molecule has 7 rings (SSSR count). The van der Waals surface area contributed by atoms with Gasteiger partial charge in [-0.3, -0.25) is 24.1 Å². The van der Waals surface area contributed by atoms with Gasteiger partial charge in [0.15, 0.2) is 0 Å². The number of halogens is 2. The Morgan fingerprint density at radius 2 is 1.66 bits per heavy atom. The fourth-order valence-corrected chi connectivity index (χ4v) is 8.13. The summed E-state index contributed by atoms with van der Waals surface area (Å²) in [6, 6.07) is 17.2. The Morgan fingerprint density at radius 3 is 2.34 bits per heavy atom. The lowest BCUT2D eigenvalue weighted by atomic mass is 9.51. The van der Waals surface area contributed by atoms with Gasteiger partial charge in [-0.15, -0.1) is 0 Å². The Labute approximate surface area is 257 Å². The molecule has 2 aliphatic heterocycles. The van der Waals surface area contributed by atoms with Crippen LogP contribution in [0.25, 0.3) is 0 Å². The number of carbonyl (C=O) groups excluding carboxylic acids is 4. The highest BCUT2D eigenvalue weighted by Gasteiger charge is 2.68. The molecule has 0 bridgehead atoms. The second kappa shape index (κ2) is 10.0. The quantitative estimate of drug-likeness (QED) is 0.302. The normalized spacial score (nSPS) is 29.4. The van der Waals surface area contributed by atoms with E-state index in [0.29, 0.717) is 17.0 Å². The minimum Gasteiger partial charge on any atom is -0.508 e. The number of para-hydroxylation sites is 1. The van der Waals surface area contributed by atoms with Gasteiger partial charge in [0.1, 0.15) is 17.3 Å². The van der Waals surface area contributed by atoms with E-state index < -0.39 is 52.6 Å². The van der Waals surface area contributed by atoms with Crippen molar-refractivity contribution in [2.75, 3.05) is 16.9 Å². The van der Waals surface area contributed by atoms with E-state index in [2.05, 4.69) is 0 Å². The molecular formula is C34H28ClFN2O6. The molecule has 4 aliphatic rings. The van der Waals surface area contributed by atoms with Gasteiger partial charge in [0.25, 0.3) is 0 Å². The van der Waals surface area contributed by atoms with Gasteiger partial charge in [-0.1, -0.05) is 47.5 Å². The number of allylic oxidation sites excluding steroid dienone is 2. The number of aromatic hydroxyl groups is 1. The van der Waals surface area contributed by atoms with Gasteiger partial charge in [-0.2, -0.15) is 0 Å². The minimum absolute atomic E-state index is 0.124. The number of nitrogens with zero attached hydrogens (tertiary/aromatic N) is 2. The van der Waals surface area contributed by atoms with E-state index in [4.69, 9.17) is 16.3 Å². The molecule has 1 N–H and O–H groups in total. The number of methoxy groups -OCH3 is 1. The topological polar surface area (TPSA) is 104 Å². The van der Waals surface area contributed by atoms with Gasteiger partial charge < -0.3 is 9.84 Å². The number of hydrogen-bond donors (Lipinski definition) is 1. The maximum Gasteiger partial charge on any atom is 0.241 e. The number of anilines is 2. The molecule has 6 atom stereocenters. The molecule has 10 heteroatoms. The van der Waals surface area contributed by atoms with Gasteiger partial charge in [0.05, 0.1) is 46.7 Å². The third-order valence-corrected chi connectivity index (χ3v) is 10.3. The van der Waals surface area contributed by atoms with Crippen LogP contribution < -0.4 is 14.5 Å². The Hall–Kier alpha value is -4.50. The molecule has 3 aromatic rings. The van der Waals surface area contributed by atoms with E-state index in [1.165, 1.54) is 30.2 Å². The fraction of sp³-hybridized carbons (Fsp3) is 0.294. The van der Waals surface area contributed by atoms with Crippen LogP contribution in [0.3, 0.4) is 0 Å². The SMILES string of the molecule is COc1ccc(C2C3=CCC4C(=O)N(c5ccccc5)C(=O)C4C3CC3C(=O)N(c4ccc(F)c(Cl)c4)C(=O)C32C)c(O)c1. The van der Waals surface area contributed by atoms with Crippen molar-refractivity contribution in [1.29, 1.82) is 0 Å². The lowest BCUT2D eigenvalue weighted by molar-refractivity contribution is -0.131. The molecular weight excluding hydrogens is 587 g/mol. The fourth-order valence-electron chi connectivity index (χ4n) is 7.96. The maximum atomic E-state index is 14.4.